The minimum atomic E-state index is -0.0218. The summed E-state index contributed by atoms with van der Waals surface area (Å²) in [7, 11) is 0. The predicted octanol–water partition coefficient (Wildman–Crippen LogP) is 2.61. The van der Waals surface area contributed by atoms with E-state index >= 15 is 0 Å². The van der Waals surface area contributed by atoms with Gasteiger partial charge in [-0.25, -0.2) is 0 Å². The van der Waals surface area contributed by atoms with Crippen molar-refractivity contribution in [2.75, 3.05) is 6.54 Å². The predicted molar refractivity (Wildman–Crippen MR) is 87.6 cm³/mol. The molecule has 3 rings (SSSR count). The molecule has 0 bridgehead atoms. The number of amides is 1. The fourth-order valence-electron chi connectivity index (χ4n) is 2.91. The molecular weight excluding hydrogens is 290 g/mol. The number of fused-ring (bicyclic) bond motifs is 1. The second-order valence-corrected chi connectivity index (χ2v) is 5.93. The van der Waals surface area contributed by atoms with Gasteiger partial charge in [-0.2, -0.15) is 0 Å². The van der Waals surface area contributed by atoms with Crippen LogP contribution < -0.4 is 0 Å². The van der Waals surface area contributed by atoms with Crippen LogP contribution >= 0.6 is 0 Å². The third-order valence-corrected chi connectivity index (χ3v) is 4.11. The van der Waals surface area contributed by atoms with E-state index in [0.717, 1.165) is 18.7 Å². The third kappa shape index (κ3) is 3.99. The van der Waals surface area contributed by atoms with Crippen LogP contribution in [-0.4, -0.2) is 33.0 Å². The molecule has 3 heterocycles. The number of pyridine rings is 1. The molecule has 5 heteroatoms. The van der Waals surface area contributed by atoms with E-state index in [1.54, 1.807) is 6.20 Å². The first-order chi connectivity index (χ1) is 11.3. The summed E-state index contributed by atoms with van der Waals surface area (Å²) in [6, 6.07) is 9.91. The van der Waals surface area contributed by atoms with Crippen molar-refractivity contribution in [3.05, 3.63) is 54.1 Å². The average molecular weight is 313 g/mol. The molecule has 23 heavy (non-hydrogen) atoms. The van der Waals surface area contributed by atoms with Crippen LogP contribution in [0.5, 0.6) is 0 Å². The molecule has 1 amide bonds. The lowest BCUT2D eigenvalue weighted by atomic mass is 10.2. The van der Waals surface area contributed by atoms with E-state index in [9.17, 15) is 4.79 Å². The summed E-state index contributed by atoms with van der Waals surface area (Å²) in [4.78, 5) is 18.6. The minimum Gasteiger partial charge on any atom is -0.368 e. The van der Waals surface area contributed by atoms with Gasteiger partial charge in [-0.15, -0.1) is 0 Å². The Morgan fingerprint density at radius 3 is 3.00 bits per heavy atom. The molecule has 0 spiro atoms. The summed E-state index contributed by atoms with van der Waals surface area (Å²) in [5.74, 6) is 0.202. The Morgan fingerprint density at radius 2 is 2.22 bits per heavy atom. The highest BCUT2D eigenvalue weighted by molar-refractivity contribution is 5.76. The lowest BCUT2D eigenvalue weighted by molar-refractivity contribution is -0.134. The van der Waals surface area contributed by atoms with Crippen molar-refractivity contribution in [2.45, 2.75) is 45.6 Å². The zero-order valence-corrected chi connectivity index (χ0v) is 13.5. The van der Waals surface area contributed by atoms with Gasteiger partial charge >= 0.3 is 0 Å². The number of hydrogen-bond acceptors (Lipinski definition) is 3. The molecule has 0 aromatic carbocycles. The number of aromatic nitrogens is 2. The summed E-state index contributed by atoms with van der Waals surface area (Å²) in [6.07, 6.45) is 5.27. The number of ether oxygens (including phenoxy) is 1. The molecule has 0 radical (unpaired) electrons. The second kappa shape index (κ2) is 7.42. The molecule has 2 aromatic rings. The molecule has 1 aliphatic heterocycles. The van der Waals surface area contributed by atoms with Crippen LogP contribution in [0.3, 0.4) is 0 Å². The molecule has 1 atom stereocenters. The van der Waals surface area contributed by atoms with Crippen molar-refractivity contribution >= 4 is 5.91 Å². The molecule has 0 fully saturated rings. The van der Waals surface area contributed by atoms with Gasteiger partial charge in [0, 0.05) is 31.1 Å². The lowest BCUT2D eigenvalue weighted by Crippen LogP contribution is -2.37. The van der Waals surface area contributed by atoms with Gasteiger partial charge < -0.3 is 14.2 Å². The van der Waals surface area contributed by atoms with E-state index in [0.29, 0.717) is 26.1 Å². The topological polar surface area (TPSA) is 47.4 Å². The maximum Gasteiger partial charge on any atom is 0.222 e. The first-order valence-corrected chi connectivity index (χ1v) is 8.19. The number of rotatable bonds is 5. The van der Waals surface area contributed by atoms with Crippen molar-refractivity contribution in [2.24, 2.45) is 0 Å². The first kappa shape index (κ1) is 15.7. The van der Waals surface area contributed by atoms with E-state index in [2.05, 4.69) is 21.8 Å². The van der Waals surface area contributed by atoms with Gasteiger partial charge in [-0.1, -0.05) is 13.0 Å². The van der Waals surface area contributed by atoms with Crippen LogP contribution in [-0.2, 0) is 29.2 Å². The summed E-state index contributed by atoms with van der Waals surface area (Å²) >= 11 is 0. The van der Waals surface area contributed by atoms with E-state index in [4.69, 9.17) is 4.74 Å². The highest BCUT2D eigenvalue weighted by atomic mass is 16.5. The molecule has 0 saturated carbocycles. The Labute approximate surface area is 136 Å². The Morgan fingerprint density at radius 1 is 1.30 bits per heavy atom. The Balaban J connectivity index is 1.70. The molecule has 0 aliphatic carbocycles. The van der Waals surface area contributed by atoms with Crippen molar-refractivity contribution in [1.82, 2.24) is 14.5 Å². The number of carbonyl (C=O) groups excluding carboxylic acids is 1. The van der Waals surface area contributed by atoms with Gasteiger partial charge in [0.1, 0.15) is 0 Å². The van der Waals surface area contributed by atoms with E-state index in [1.165, 1.54) is 5.69 Å². The van der Waals surface area contributed by atoms with E-state index < -0.39 is 0 Å². The normalized spacial score (nSPS) is 17.6. The molecule has 0 saturated heterocycles. The maximum absolute atomic E-state index is 12.4. The Bertz CT molecular complexity index is 639. The largest absolute Gasteiger partial charge is 0.368 e. The molecule has 0 unspecified atom stereocenters. The number of hydrogen-bond donors (Lipinski definition) is 0. The molecule has 2 aromatic heterocycles. The standard InChI is InChI=1S/C18H23N3O2/c1-2-6-18(22)21-11-16-8-5-10-20(16)12-17(13-21)23-14-15-7-3-4-9-19-15/h3-5,7-10,17H,2,6,11-14H2,1H3/t17-/m0/s1. The SMILES string of the molecule is CCCC(=O)N1Cc2cccn2C[C@H](OCc2ccccn2)C1. The number of nitrogens with zero attached hydrogens (tertiary/aromatic N) is 3. The van der Waals surface area contributed by atoms with Gasteiger partial charge in [0.2, 0.25) is 5.91 Å². The fourth-order valence-corrected chi connectivity index (χ4v) is 2.91. The van der Waals surface area contributed by atoms with E-state index in [1.807, 2.05) is 36.1 Å². The highest BCUT2D eigenvalue weighted by Crippen LogP contribution is 2.17. The lowest BCUT2D eigenvalue weighted by Gasteiger charge is -2.24. The van der Waals surface area contributed by atoms with Crippen LogP contribution in [0.1, 0.15) is 31.2 Å². The smallest absolute Gasteiger partial charge is 0.222 e. The van der Waals surface area contributed by atoms with Gasteiger partial charge in [-0.05, 0) is 30.7 Å². The number of carbonyl (C=O) groups is 1. The van der Waals surface area contributed by atoms with Crippen molar-refractivity contribution < 1.29 is 9.53 Å². The Hall–Kier alpha value is -2.14. The average Bonchev–Trinajstić information content (AvgIpc) is 2.92. The zero-order valence-electron chi connectivity index (χ0n) is 13.5. The van der Waals surface area contributed by atoms with Crippen LogP contribution in [0.2, 0.25) is 0 Å². The summed E-state index contributed by atoms with van der Waals surface area (Å²) in [5, 5.41) is 0. The molecule has 5 nitrogen and oxygen atoms in total. The van der Waals surface area contributed by atoms with Gasteiger partial charge in [0.25, 0.3) is 0 Å². The molecule has 1 aliphatic rings. The molecular formula is C18H23N3O2. The van der Waals surface area contributed by atoms with Crippen molar-refractivity contribution in [1.29, 1.82) is 0 Å². The van der Waals surface area contributed by atoms with Crippen molar-refractivity contribution in [3.63, 3.8) is 0 Å². The maximum atomic E-state index is 12.4. The van der Waals surface area contributed by atoms with E-state index in [-0.39, 0.29) is 12.0 Å². The zero-order chi connectivity index (χ0) is 16.1. The first-order valence-electron chi connectivity index (χ1n) is 8.19. The van der Waals surface area contributed by atoms with Crippen LogP contribution in [0.15, 0.2) is 42.7 Å². The van der Waals surface area contributed by atoms with Gasteiger partial charge in [-0.3, -0.25) is 9.78 Å². The minimum absolute atomic E-state index is 0.0218. The fraction of sp³-hybridized carbons (Fsp3) is 0.444. The summed E-state index contributed by atoms with van der Waals surface area (Å²) < 4.78 is 8.24. The molecule has 0 N–H and O–H groups in total. The Kier molecular flexibility index (Phi) is 5.08. The monoisotopic (exact) mass is 313 g/mol. The molecule has 122 valence electrons. The van der Waals surface area contributed by atoms with Crippen LogP contribution in [0, 0.1) is 0 Å². The van der Waals surface area contributed by atoms with Crippen LogP contribution in [0.4, 0.5) is 0 Å². The highest BCUT2D eigenvalue weighted by Gasteiger charge is 2.24. The van der Waals surface area contributed by atoms with Crippen LogP contribution in [0.25, 0.3) is 0 Å². The quantitative estimate of drug-likeness (QED) is 0.852. The van der Waals surface area contributed by atoms with Crippen molar-refractivity contribution in [3.8, 4) is 0 Å². The summed E-state index contributed by atoms with van der Waals surface area (Å²) in [5.41, 5.74) is 2.08. The third-order valence-electron chi connectivity index (χ3n) is 4.11. The second-order valence-electron chi connectivity index (χ2n) is 5.93. The summed E-state index contributed by atoms with van der Waals surface area (Å²) in [6.45, 7) is 4.57. The van der Waals surface area contributed by atoms with Gasteiger partial charge in [0.15, 0.2) is 0 Å². The van der Waals surface area contributed by atoms with Gasteiger partial charge in [0.05, 0.1) is 31.5 Å².